The Balaban J connectivity index is 2.22. The first kappa shape index (κ1) is 23.4. The van der Waals surface area contributed by atoms with Gasteiger partial charge >= 0.3 is 0 Å². The fourth-order valence-corrected chi connectivity index (χ4v) is 4.71. The summed E-state index contributed by atoms with van der Waals surface area (Å²) in [7, 11) is -4.02. The van der Waals surface area contributed by atoms with Crippen molar-refractivity contribution in [2.24, 2.45) is 0 Å². The number of benzene rings is 2. The van der Waals surface area contributed by atoms with Gasteiger partial charge in [0, 0.05) is 5.41 Å². The van der Waals surface area contributed by atoms with Crippen molar-refractivity contribution in [1.82, 2.24) is 0 Å². The van der Waals surface area contributed by atoms with Crippen LogP contribution in [0.4, 0.5) is 0 Å². The van der Waals surface area contributed by atoms with Crippen molar-refractivity contribution in [2.75, 3.05) is 0 Å². The van der Waals surface area contributed by atoms with Gasteiger partial charge in [0.2, 0.25) is 0 Å². The third-order valence-corrected chi connectivity index (χ3v) is 6.95. The first-order valence-electron chi connectivity index (χ1n) is 10.5. The van der Waals surface area contributed by atoms with E-state index in [-0.39, 0.29) is 5.41 Å². The van der Waals surface area contributed by atoms with Gasteiger partial charge in [-0.15, -0.1) is 0 Å². The van der Waals surface area contributed by atoms with Gasteiger partial charge in [0.25, 0.3) is 10.1 Å². The van der Waals surface area contributed by atoms with E-state index in [1.54, 1.807) is 0 Å². The maximum Gasteiger partial charge on any atom is 0.267 e. The molecule has 0 aromatic heterocycles. The maximum absolute atomic E-state index is 11.8. The molecule has 0 fully saturated rings. The molecule has 0 spiro atoms. The van der Waals surface area contributed by atoms with E-state index in [1.165, 1.54) is 5.56 Å². The van der Waals surface area contributed by atoms with Gasteiger partial charge in [-0.25, -0.2) is 0 Å². The maximum atomic E-state index is 11.8. The molecule has 4 heteroatoms. The molecule has 2 aromatic carbocycles. The summed E-state index contributed by atoms with van der Waals surface area (Å²) in [6.45, 7) is 6.25. The van der Waals surface area contributed by atoms with Crippen LogP contribution in [0.15, 0.2) is 66.7 Å². The Hall–Kier alpha value is -1.91. The molecule has 1 radical (unpaired) electrons. The van der Waals surface area contributed by atoms with Crippen molar-refractivity contribution in [2.45, 2.75) is 62.5 Å². The van der Waals surface area contributed by atoms with Crippen LogP contribution in [-0.4, -0.2) is 18.2 Å². The van der Waals surface area contributed by atoms with Gasteiger partial charge in [0.15, 0.2) is 0 Å². The van der Waals surface area contributed by atoms with Crippen molar-refractivity contribution >= 4 is 16.2 Å². The lowest BCUT2D eigenvalue weighted by Gasteiger charge is -2.31. The Bertz CT molecular complexity index is 844. The Morgan fingerprint density at radius 3 is 2.14 bits per heavy atom. The second-order valence-electron chi connectivity index (χ2n) is 7.69. The van der Waals surface area contributed by atoms with Crippen LogP contribution in [0.5, 0.6) is 0 Å². The number of allylic oxidation sites excluding steroid dienone is 1. The molecular formula is C25H33O3S. The monoisotopic (exact) mass is 413 g/mol. The number of hydrogen-bond acceptors (Lipinski definition) is 2. The molecule has 0 heterocycles. The summed E-state index contributed by atoms with van der Waals surface area (Å²) in [5.41, 5.74) is 2.03. The normalized spacial score (nSPS) is 15.3. The van der Waals surface area contributed by atoms with Crippen LogP contribution in [-0.2, 0) is 15.5 Å². The Morgan fingerprint density at radius 1 is 1.00 bits per heavy atom. The molecule has 0 saturated carbocycles. The van der Waals surface area contributed by atoms with Crippen LogP contribution in [0.3, 0.4) is 0 Å². The smallest absolute Gasteiger partial charge is 0.267 e. The summed E-state index contributed by atoms with van der Waals surface area (Å²) in [6, 6.07) is 20.4. The van der Waals surface area contributed by atoms with Gasteiger partial charge in [-0.3, -0.25) is 4.55 Å². The van der Waals surface area contributed by atoms with E-state index in [1.807, 2.05) is 43.3 Å². The molecular weight excluding hydrogens is 380 g/mol. The lowest BCUT2D eigenvalue weighted by Crippen LogP contribution is -2.25. The zero-order valence-electron chi connectivity index (χ0n) is 17.3. The molecule has 157 valence electrons. The van der Waals surface area contributed by atoms with Crippen LogP contribution < -0.4 is 0 Å². The molecule has 2 unspecified atom stereocenters. The quantitative estimate of drug-likeness (QED) is 0.405. The largest absolute Gasteiger partial charge is 0.285 e. The zero-order valence-corrected chi connectivity index (χ0v) is 18.2. The van der Waals surface area contributed by atoms with Gasteiger partial charge in [0.05, 0.1) is 5.25 Å². The van der Waals surface area contributed by atoms with Crippen molar-refractivity contribution in [3.8, 4) is 0 Å². The molecule has 2 rings (SSSR count). The van der Waals surface area contributed by atoms with Crippen molar-refractivity contribution < 1.29 is 13.0 Å². The molecule has 0 aliphatic rings. The highest BCUT2D eigenvalue weighted by Crippen LogP contribution is 2.36. The molecule has 0 bridgehead atoms. The standard InChI is InChI=1S/C25H33O3S/c1-3-5-17-24(29(26,27)28)18-12-20-25(4-2,23-15-10-7-11-16-23)21-19-22-13-8-6-9-14-22/h6-11,13-16,19,21,24H,2-5,12,17-18,20H2,1H3,(H,26,27,28). The van der Waals surface area contributed by atoms with E-state index in [4.69, 9.17) is 0 Å². The molecule has 2 atom stereocenters. The fourth-order valence-electron chi connectivity index (χ4n) is 3.79. The third-order valence-electron chi connectivity index (χ3n) is 5.64. The molecule has 0 amide bonds. The molecule has 0 aliphatic carbocycles. The Labute approximate surface area is 176 Å². The van der Waals surface area contributed by atoms with E-state index in [2.05, 4.69) is 43.3 Å². The van der Waals surface area contributed by atoms with Gasteiger partial charge < -0.3 is 0 Å². The van der Waals surface area contributed by atoms with E-state index < -0.39 is 15.4 Å². The Morgan fingerprint density at radius 2 is 1.59 bits per heavy atom. The summed E-state index contributed by atoms with van der Waals surface area (Å²) >= 11 is 0. The molecule has 0 saturated heterocycles. The van der Waals surface area contributed by atoms with Gasteiger partial charge in [0.1, 0.15) is 0 Å². The van der Waals surface area contributed by atoms with Crippen molar-refractivity contribution in [3.05, 3.63) is 84.8 Å². The van der Waals surface area contributed by atoms with Crippen molar-refractivity contribution in [3.63, 3.8) is 0 Å². The van der Waals surface area contributed by atoms with Crippen LogP contribution in [0.25, 0.3) is 6.08 Å². The lowest BCUT2D eigenvalue weighted by atomic mass is 9.73. The first-order valence-corrected chi connectivity index (χ1v) is 12.0. The third kappa shape index (κ3) is 7.13. The summed E-state index contributed by atoms with van der Waals surface area (Å²) in [5.74, 6) is 0. The summed E-state index contributed by atoms with van der Waals surface area (Å²) < 4.78 is 33.2. The topological polar surface area (TPSA) is 54.4 Å². The van der Waals surface area contributed by atoms with Crippen molar-refractivity contribution in [1.29, 1.82) is 0 Å². The van der Waals surface area contributed by atoms with E-state index >= 15 is 0 Å². The molecule has 3 nitrogen and oxygen atoms in total. The molecule has 1 N–H and O–H groups in total. The van der Waals surface area contributed by atoms with E-state index in [9.17, 15) is 13.0 Å². The molecule has 0 aliphatic heterocycles. The summed E-state index contributed by atoms with van der Waals surface area (Å²) in [5, 5.41) is -0.682. The van der Waals surface area contributed by atoms with Gasteiger partial charge in [-0.05, 0) is 36.8 Å². The van der Waals surface area contributed by atoms with Gasteiger partial charge in [-0.2, -0.15) is 8.42 Å². The van der Waals surface area contributed by atoms with Crippen LogP contribution >= 0.6 is 0 Å². The number of rotatable bonds is 12. The highest BCUT2D eigenvalue weighted by atomic mass is 32.2. The SMILES string of the molecule is [CH2]CC(C=Cc1ccccc1)(CCCC(CCCC)S(=O)(=O)O)c1ccccc1. The molecule has 2 aromatic rings. The fraction of sp³-hybridized carbons (Fsp3) is 0.400. The van der Waals surface area contributed by atoms with E-state index in [0.29, 0.717) is 25.7 Å². The van der Waals surface area contributed by atoms with E-state index in [0.717, 1.165) is 24.8 Å². The van der Waals surface area contributed by atoms with Gasteiger partial charge in [-0.1, -0.05) is 106 Å². The highest BCUT2D eigenvalue weighted by molar-refractivity contribution is 7.86. The minimum atomic E-state index is -4.02. The van der Waals surface area contributed by atoms with Crippen LogP contribution in [0, 0.1) is 6.92 Å². The predicted octanol–water partition coefficient (Wildman–Crippen LogP) is 6.48. The minimum Gasteiger partial charge on any atom is -0.285 e. The average Bonchev–Trinajstić information content (AvgIpc) is 2.73. The second-order valence-corrected chi connectivity index (χ2v) is 9.38. The van der Waals surface area contributed by atoms with Crippen LogP contribution in [0.2, 0.25) is 0 Å². The number of unbranched alkanes of at least 4 members (excludes halogenated alkanes) is 1. The zero-order chi connectivity index (χ0) is 21.2. The first-order chi connectivity index (χ1) is 13.9. The average molecular weight is 414 g/mol. The highest BCUT2D eigenvalue weighted by Gasteiger charge is 2.29. The predicted molar refractivity (Wildman–Crippen MR) is 122 cm³/mol. The second kappa shape index (κ2) is 11.3. The minimum absolute atomic E-state index is 0.272. The molecule has 29 heavy (non-hydrogen) atoms. The lowest BCUT2D eigenvalue weighted by molar-refractivity contribution is 0.426. The summed E-state index contributed by atoms with van der Waals surface area (Å²) in [4.78, 5) is 0. The van der Waals surface area contributed by atoms with Crippen LogP contribution in [0.1, 0.15) is 63.0 Å². The summed E-state index contributed by atoms with van der Waals surface area (Å²) in [6.07, 6.45) is 9.18. The number of hydrogen-bond donors (Lipinski definition) is 1. The Kier molecular flexibility index (Phi) is 9.12.